The number of thiophene rings is 1. The van der Waals surface area contributed by atoms with E-state index in [9.17, 15) is 13.2 Å². The molecule has 10 heteroatoms. The predicted octanol–water partition coefficient (Wildman–Crippen LogP) is 1.60. The van der Waals surface area contributed by atoms with Gasteiger partial charge < -0.3 is 10.2 Å². The first-order chi connectivity index (χ1) is 12.5. The molecule has 26 heavy (non-hydrogen) atoms. The average molecular weight is 396 g/mol. The number of urea groups is 1. The maximum absolute atomic E-state index is 12.7. The van der Waals surface area contributed by atoms with Crippen molar-refractivity contribution in [1.82, 2.24) is 20.0 Å². The normalized spacial score (nSPS) is 21.7. The van der Waals surface area contributed by atoms with E-state index >= 15 is 0 Å². The van der Waals surface area contributed by atoms with Crippen LogP contribution in [0.5, 0.6) is 0 Å². The Morgan fingerprint density at radius 3 is 3.00 bits per heavy atom. The number of aromatic nitrogens is 2. The van der Waals surface area contributed by atoms with E-state index in [-0.39, 0.29) is 17.8 Å². The summed E-state index contributed by atoms with van der Waals surface area (Å²) in [7, 11) is -3.27. The molecule has 4 heterocycles. The van der Waals surface area contributed by atoms with Gasteiger partial charge in [0, 0.05) is 13.1 Å². The monoisotopic (exact) mass is 395 g/mol. The number of carbonyl (C=O) groups excluding carboxylic acids is 1. The minimum Gasteiger partial charge on any atom is -0.334 e. The molecule has 0 unspecified atom stereocenters. The molecular formula is C16H21N5O3S2. The molecule has 0 saturated carbocycles. The molecule has 2 aliphatic heterocycles. The highest BCUT2D eigenvalue weighted by Gasteiger charge is 2.35. The Kier molecular flexibility index (Phi) is 4.39. The van der Waals surface area contributed by atoms with Crippen molar-refractivity contribution >= 4 is 33.1 Å². The molecule has 2 aromatic heterocycles. The fourth-order valence-corrected chi connectivity index (χ4v) is 5.69. The number of nitrogens with one attached hydrogen (secondary N) is 1. The van der Waals surface area contributed by atoms with Crippen molar-refractivity contribution in [2.75, 3.05) is 16.6 Å². The third kappa shape index (κ3) is 3.07. The van der Waals surface area contributed by atoms with Crippen LogP contribution in [0, 0.1) is 0 Å². The third-order valence-electron chi connectivity index (χ3n) is 4.87. The van der Waals surface area contributed by atoms with E-state index in [0.717, 1.165) is 11.3 Å². The standard InChI is InChI=1S/C16H21N5O3S2/c1-12-9-20-15(14(8-18-20)21-4-2-6-26(21,23)24)10-19(12)16(22)17-7-13-3-5-25-11-13/h3,5,8,11-12H,2,4,6-7,9-10H2,1H3,(H,17,22)/t12-/m0/s1. The lowest BCUT2D eigenvalue weighted by Gasteiger charge is -2.35. The molecule has 0 radical (unpaired) electrons. The smallest absolute Gasteiger partial charge is 0.318 e. The van der Waals surface area contributed by atoms with Gasteiger partial charge in [0.1, 0.15) is 0 Å². The first-order valence-corrected chi connectivity index (χ1v) is 11.1. The number of hydrogen-bond donors (Lipinski definition) is 1. The van der Waals surface area contributed by atoms with Crippen molar-refractivity contribution in [2.24, 2.45) is 0 Å². The zero-order chi connectivity index (χ0) is 18.3. The lowest BCUT2D eigenvalue weighted by Crippen LogP contribution is -2.49. The van der Waals surface area contributed by atoms with Gasteiger partial charge in [0.25, 0.3) is 0 Å². The molecule has 8 nitrogen and oxygen atoms in total. The van der Waals surface area contributed by atoms with Crippen LogP contribution in [-0.2, 0) is 29.7 Å². The lowest BCUT2D eigenvalue weighted by atomic mass is 10.2. The van der Waals surface area contributed by atoms with E-state index in [1.165, 1.54) is 4.31 Å². The quantitative estimate of drug-likeness (QED) is 0.855. The molecule has 1 N–H and O–H groups in total. The number of anilines is 1. The Morgan fingerprint density at radius 1 is 1.46 bits per heavy atom. The number of sulfonamides is 1. The molecule has 2 amide bonds. The Morgan fingerprint density at radius 2 is 2.31 bits per heavy atom. The van der Waals surface area contributed by atoms with Crippen molar-refractivity contribution in [3.05, 3.63) is 34.3 Å². The van der Waals surface area contributed by atoms with Crippen molar-refractivity contribution < 1.29 is 13.2 Å². The van der Waals surface area contributed by atoms with E-state index in [4.69, 9.17) is 0 Å². The zero-order valence-electron chi connectivity index (χ0n) is 14.5. The summed E-state index contributed by atoms with van der Waals surface area (Å²) in [5.74, 6) is 0.166. The van der Waals surface area contributed by atoms with E-state index < -0.39 is 10.0 Å². The van der Waals surface area contributed by atoms with Gasteiger partial charge in [-0.25, -0.2) is 13.2 Å². The second-order valence-electron chi connectivity index (χ2n) is 6.67. The van der Waals surface area contributed by atoms with Gasteiger partial charge in [-0.15, -0.1) is 0 Å². The van der Waals surface area contributed by atoms with Crippen LogP contribution in [0.2, 0.25) is 0 Å². The number of nitrogens with zero attached hydrogens (tertiary/aromatic N) is 4. The van der Waals surface area contributed by atoms with Crippen molar-refractivity contribution in [2.45, 2.75) is 39.0 Å². The minimum atomic E-state index is -3.27. The molecule has 0 aliphatic carbocycles. The van der Waals surface area contributed by atoms with Crippen LogP contribution in [0.4, 0.5) is 10.5 Å². The fraction of sp³-hybridized carbons (Fsp3) is 0.500. The van der Waals surface area contributed by atoms with Crippen molar-refractivity contribution in [3.8, 4) is 0 Å². The maximum Gasteiger partial charge on any atom is 0.318 e. The molecule has 4 rings (SSSR count). The fourth-order valence-electron chi connectivity index (χ4n) is 3.45. The first kappa shape index (κ1) is 17.3. The summed E-state index contributed by atoms with van der Waals surface area (Å²) in [5, 5.41) is 11.3. The summed E-state index contributed by atoms with van der Waals surface area (Å²) in [6.07, 6.45) is 2.23. The van der Waals surface area contributed by atoms with Gasteiger partial charge in [-0.05, 0) is 35.7 Å². The zero-order valence-corrected chi connectivity index (χ0v) is 16.1. The van der Waals surface area contributed by atoms with Gasteiger partial charge in [-0.1, -0.05) is 0 Å². The summed E-state index contributed by atoms with van der Waals surface area (Å²) in [5.41, 5.74) is 2.45. The Balaban J connectivity index is 1.53. The largest absolute Gasteiger partial charge is 0.334 e. The molecule has 2 aromatic rings. The third-order valence-corrected chi connectivity index (χ3v) is 7.46. The predicted molar refractivity (Wildman–Crippen MR) is 99.5 cm³/mol. The summed E-state index contributed by atoms with van der Waals surface area (Å²) >= 11 is 1.60. The van der Waals surface area contributed by atoms with Crippen LogP contribution >= 0.6 is 11.3 Å². The second kappa shape index (κ2) is 6.58. The van der Waals surface area contributed by atoms with E-state index in [1.807, 2.05) is 28.4 Å². The van der Waals surface area contributed by atoms with E-state index in [0.29, 0.717) is 38.3 Å². The van der Waals surface area contributed by atoms with Gasteiger partial charge in [-0.2, -0.15) is 16.4 Å². The van der Waals surface area contributed by atoms with E-state index in [1.54, 1.807) is 22.4 Å². The van der Waals surface area contributed by atoms with Crippen LogP contribution in [0.15, 0.2) is 23.0 Å². The highest BCUT2D eigenvalue weighted by Crippen LogP contribution is 2.31. The van der Waals surface area contributed by atoms with Crippen molar-refractivity contribution in [1.29, 1.82) is 0 Å². The van der Waals surface area contributed by atoms with Gasteiger partial charge >= 0.3 is 6.03 Å². The highest BCUT2D eigenvalue weighted by atomic mass is 32.2. The van der Waals surface area contributed by atoms with Crippen LogP contribution < -0.4 is 9.62 Å². The number of amides is 2. The topological polar surface area (TPSA) is 87.5 Å². The van der Waals surface area contributed by atoms with Gasteiger partial charge in [0.05, 0.1) is 42.5 Å². The van der Waals surface area contributed by atoms with Crippen LogP contribution in [-0.4, -0.2) is 47.5 Å². The summed E-state index contributed by atoms with van der Waals surface area (Å²) < 4.78 is 27.8. The van der Waals surface area contributed by atoms with Gasteiger partial charge in [0.15, 0.2) is 0 Å². The Bertz CT molecular complexity index is 906. The minimum absolute atomic E-state index is 0.0205. The number of hydrogen-bond acceptors (Lipinski definition) is 5. The van der Waals surface area contributed by atoms with Gasteiger partial charge in [-0.3, -0.25) is 8.99 Å². The maximum atomic E-state index is 12.7. The van der Waals surface area contributed by atoms with Crippen LogP contribution in [0.25, 0.3) is 0 Å². The molecular weight excluding hydrogens is 374 g/mol. The molecule has 1 saturated heterocycles. The molecule has 0 spiro atoms. The first-order valence-electron chi connectivity index (χ1n) is 8.56. The summed E-state index contributed by atoms with van der Waals surface area (Å²) in [4.78, 5) is 14.4. The lowest BCUT2D eigenvalue weighted by molar-refractivity contribution is 0.149. The van der Waals surface area contributed by atoms with Crippen LogP contribution in [0.1, 0.15) is 24.6 Å². The van der Waals surface area contributed by atoms with Crippen LogP contribution in [0.3, 0.4) is 0 Å². The highest BCUT2D eigenvalue weighted by molar-refractivity contribution is 7.93. The summed E-state index contributed by atoms with van der Waals surface area (Å²) in [6.45, 7) is 3.83. The van der Waals surface area contributed by atoms with Gasteiger partial charge in [0.2, 0.25) is 10.0 Å². The Labute approximate surface area is 156 Å². The Hall–Kier alpha value is -2.07. The molecule has 140 valence electrons. The van der Waals surface area contributed by atoms with Crippen molar-refractivity contribution in [3.63, 3.8) is 0 Å². The average Bonchev–Trinajstić information content (AvgIpc) is 3.31. The molecule has 0 bridgehead atoms. The molecule has 1 fully saturated rings. The summed E-state index contributed by atoms with van der Waals surface area (Å²) in [6, 6.07) is 1.81. The molecule has 0 aromatic carbocycles. The molecule has 2 aliphatic rings. The molecule has 1 atom stereocenters. The SMILES string of the molecule is C[C@H]1Cn2ncc(N3CCCS3(=O)=O)c2CN1C(=O)NCc1ccsc1. The number of carbonyl (C=O) groups is 1. The second-order valence-corrected chi connectivity index (χ2v) is 9.46. The number of fused-ring (bicyclic) bond motifs is 1. The van der Waals surface area contributed by atoms with E-state index in [2.05, 4.69) is 10.4 Å². The number of rotatable bonds is 3.